The molecular weight excluding hydrogens is 367 g/mol. The number of hydrogen-bond donors (Lipinski definition) is 6. The molecule has 28 heavy (non-hydrogen) atoms. The molecule has 11 heteroatoms. The Morgan fingerprint density at radius 3 is 2.32 bits per heavy atom. The molecule has 0 aliphatic carbocycles. The second-order valence-electron chi connectivity index (χ2n) is 5.85. The highest BCUT2D eigenvalue weighted by atomic mass is 16.4. The van der Waals surface area contributed by atoms with E-state index in [0.717, 1.165) is 5.46 Å². The van der Waals surface area contributed by atoms with E-state index in [-0.39, 0.29) is 6.03 Å². The number of carboxylic acid groups (broad SMARTS) is 2. The molecule has 4 amide bonds. The van der Waals surface area contributed by atoms with E-state index in [9.17, 15) is 19.2 Å². The molecule has 0 saturated heterocycles. The summed E-state index contributed by atoms with van der Waals surface area (Å²) in [4.78, 5) is 44.6. The number of carbonyl (C=O) groups excluding carboxylic acids is 2. The largest absolute Gasteiger partial charge is 0.480 e. The number of urea groups is 2. The van der Waals surface area contributed by atoms with Crippen molar-refractivity contribution in [3.8, 4) is 0 Å². The number of anilines is 1. The van der Waals surface area contributed by atoms with E-state index >= 15 is 0 Å². The number of carbonyl (C=O) groups is 4. The highest BCUT2D eigenvalue weighted by Crippen LogP contribution is 2.03. The molecule has 0 heterocycles. The Morgan fingerprint density at radius 1 is 1.04 bits per heavy atom. The maximum Gasteiger partial charge on any atom is 0.330 e. The fourth-order valence-corrected chi connectivity index (χ4v) is 2.01. The molecule has 0 aliphatic heterocycles. The third kappa shape index (κ3) is 9.85. The second kappa shape index (κ2) is 12.0. The fourth-order valence-electron chi connectivity index (χ4n) is 2.01. The number of carboxylic acids is 2. The monoisotopic (exact) mass is 390 g/mol. The summed E-state index contributed by atoms with van der Waals surface area (Å²) in [6, 6.07) is 4.84. The molecule has 0 aliphatic rings. The van der Waals surface area contributed by atoms with E-state index < -0.39 is 30.6 Å². The lowest BCUT2D eigenvalue weighted by Crippen LogP contribution is -2.46. The van der Waals surface area contributed by atoms with Gasteiger partial charge in [0, 0.05) is 12.2 Å². The molecular formula is C17H23BN4O6. The topological polar surface area (TPSA) is 157 Å². The molecule has 0 bridgehead atoms. The van der Waals surface area contributed by atoms with Gasteiger partial charge in [-0.2, -0.15) is 0 Å². The first-order valence-electron chi connectivity index (χ1n) is 8.55. The van der Waals surface area contributed by atoms with Gasteiger partial charge in [-0.15, -0.1) is 0 Å². The van der Waals surface area contributed by atoms with Gasteiger partial charge in [0.05, 0.1) is 0 Å². The van der Waals surface area contributed by atoms with E-state index in [4.69, 9.17) is 10.2 Å². The summed E-state index contributed by atoms with van der Waals surface area (Å²) in [6.07, 6.45) is 3.90. The van der Waals surface area contributed by atoms with Gasteiger partial charge in [0.1, 0.15) is 20.4 Å². The van der Waals surface area contributed by atoms with Crippen LogP contribution in [0, 0.1) is 0 Å². The Morgan fingerprint density at radius 2 is 1.71 bits per heavy atom. The summed E-state index contributed by atoms with van der Waals surface area (Å²) >= 11 is 0. The standard InChI is InChI=1S/C17H23BN4O6/c18-11-5-7-12(8-6-11)21-16(27)19-9-3-1-2-4-13(15(25)26)22-17(28)20-10-14(23)24/h2,4-8,13H,1,3,9-10,18H2,(H,23,24)(H,25,26)(H2,19,21,27)(H2,20,22,28)/b4-2-/t13-/m0/s1. The number of benzene rings is 1. The average molecular weight is 390 g/mol. The van der Waals surface area contributed by atoms with Crippen molar-refractivity contribution in [1.29, 1.82) is 0 Å². The minimum Gasteiger partial charge on any atom is -0.480 e. The fraction of sp³-hybridized carbons (Fsp3) is 0.294. The van der Waals surface area contributed by atoms with Crippen LogP contribution in [0.4, 0.5) is 15.3 Å². The lowest BCUT2D eigenvalue weighted by Gasteiger charge is -2.11. The lowest BCUT2D eigenvalue weighted by atomic mass is 9.96. The maximum absolute atomic E-state index is 11.7. The van der Waals surface area contributed by atoms with Crippen molar-refractivity contribution in [2.75, 3.05) is 18.4 Å². The Bertz CT molecular complexity index is 723. The second-order valence-corrected chi connectivity index (χ2v) is 5.85. The van der Waals surface area contributed by atoms with Crippen molar-refractivity contribution < 1.29 is 29.4 Å². The maximum atomic E-state index is 11.7. The first kappa shape index (κ1) is 22.5. The predicted molar refractivity (Wildman–Crippen MR) is 106 cm³/mol. The Hall–Kier alpha value is -3.50. The molecule has 10 nitrogen and oxygen atoms in total. The number of amides is 4. The van der Waals surface area contributed by atoms with Crippen LogP contribution in [0.3, 0.4) is 0 Å². The van der Waals surface area contributed by atoms with Crippen molar-refractivity contribution in [3.63, 3.8) is 0 Å². The number of aliphatic carboxylic acids is 2. The zero-order chi connectivity index (χ0) is 20.9. The Balaban J connectivity index is 2.27. The van der Waals surface area contributed by atoms with E-state index in [1.54, 1.807) is 18.2 Å². The zero-order valence-corrected chi connectivity index (χ0v) is 15.4. The molecule has 1 rings (SSSR count). The van der Waals surface area contributed by atoms with Gasteiger partial charge in [-0.1, -0.05) is 29.7 Å². The van der Waals surface area contributed by atoms with Gasteiger partial charge in [0.25, 0.3) is 0 Å². The van der Waals surface area contributed by atoms with Crippen molar-refractivity contribution >= 4 is 43.0 Å². The predicted octanol–water partition coefficient (Wildman–Crippen LogP) is -0.760. The van der Waals surface area contributed by atoms with Crippen LogP contribution in [0.2, 0.25) is 0 Å². The van der Waals surface area contributed by atoms with Gasteiger partial charge in [-0.3, -0.25) is 4.79 Å². The highest BCUT2D eigenvalue weighted by molar-refractivity contribution is 6.32. The molecule has 0 fully saturated rings. The lowest BCUT2D eigenvalue weighted by molar-refractivity contribution is -0.138. The first-order valence-corrected chi connectivity index (χ1v) is 8.55. The van der Waals surface area contributed by atoms with E-state index in [2.05, 4.69) is 16.0 Å². The Labute approximate surface area is 162 Å². The molecule has 0 unspecified atom stereocenters. The average Bonchev–Trinajstić information content (AvgIpc) is 2.63. The summed E-state index contributed by atoms with van der Waals surface area (Å²) in [5.74, 6) is -2.52. The van der Waals surface area contributed by atoms with Crippen molar-refractivity contribution in [1.82, 2.24) is 16.0 Å². The molecule has 0 radical (unpaired) electrons. The van der Waals surface area contributed by atoms with Crippen molar-refractivity contribution in [2.24, 2.45) is 0 Å². The van der Waals surface area contributed by atoms with Crippen molar-refractivity contribution in [2.45, 2.75) is 18.9 Å². The highest BCUT2D eigenvalue weighted by Gasteiger charge is 2.16. The van der Waals surface area contributed by atoms with Gasteiger partial charge in [0.2, 0.25) is 0 Å². The SMILES string of the molecule is Bc1ccc(NC(=O)NCCC/C=C\[C@H](NC(=O)NCC(=O)O)C(=O)O)cc1. The van der Waals surface area contributed by atoms with Crippen LogP contribution < -0.4 is 26.7 Å². The quantitative estimate of drug-likeness (QED) is 0.175. The van der Waals surface area contributed by atoms with Crippen molar-refractivity contribution in [3.05, 3.63) is 36.4 Å². The molecule has 1 aromatic rings. The number of nitrogens with one attached hydrogen (secondary N) is 4. The van der Waals surface area contributed by atoms with E-state index in [0.29, 0.717) is 25.1 Å². The van der Waals surface area contributed by atoms with Crippen LogP contribution >= 0.6 is 0 Å². The summed E-state index contributed by atoms with van der Waals surface area (Å²) in [5.41, 5.74) is 1.77. The molecule has 1 atom stereocenters. The third-order valence-electron chi connectivity index (χ3n) is 3.42. The molecule has 1 aromatic carbocycles. The van der Waals surface area contributed by atoms with Crippen LogP contribution in [0.1, 0.15) is 12.8 Å². The summed E-state index contributed by atoms with van der Waals surface area (Å²) < 4.78 is 0. The van der Waals surface area contributed by atoms with Crippen LogP contribution in [-0.2, 0) is 9.59 Å². The van der Waals surface area contributed by atoms with Gasteiger partial charge in [-0.05, 0) is 25.0 Å². The molecule has 0 saturated carbocycles. The molecule has 150 valence electrons. The summed E-state index contributed by atoms with van der Waals surface area (Å²) in [7, 11) is 1.95. The number of allylic oxidation sites excluding steroid dienone is 1. The smallest absolute Gasteiger partial charge is 0.330 e. The minimum atomic E-state index is -1.29. The molecule has 6 N–H and O–H groups in total. The van der Waals surface area contributed by atoms with Crippen LogP contribution in [0.25, 0.3) is 0 Å². The first-order chi connectivity index (χ1) is 13.3. The summed E-state index contributed by atoms with van der Waals surface area (Å²) in [5, 5.41) is 27.0. The number of rotatable bonds is 10. The molecule has 0 aromatic heterocycles. The number of unbranched alkanes of at least 4 members (excludes halogenated alkanes) is 1. The number of hydrogen-bond acceptors (Lipinski definition) is 4. The van der Waals surface area contributed by atoms with Gasteiger partial charge < -0.3 is 31.5 Å². The van der Waals surface area contributed by atoms with Crippen LogP contribution in [0.5, 0.6) is 0 Å². The van der Waals surface area contributed by atoms with Gasteiger partial charge >= 0.3 is 24.0 Å². The summed E-state index contributed by atoms with van der Waals surface area (Å²) in [6.45, 7) is -0.232. The van der Waals surface area contributed by atoms with Crippen LogP contribution in [0.15, 0.2) is 36.4 Å². The zero-order valence-electron chi connectivity index (χ0n) is 15.4. The van der Waals surface area contributed by atoms with Gasteiger partial charge in [-0.25, -0.2) is 14.4 Å². The van der Waals surface area contributed by atoms with Crippen LogP contribution in [-0.4, -0.2) is 61.2 Å². The Kier molecular flexibility index (Phi) is 9.66. The normalized spacial score (nSPS) is 11.4. The van der Waals surface area contributed by atoms with E-state index in [1.807, 2.05) is 25.3 Å². The third-order valence-corrected chi connectivity index (χ3v) is 3.42. The molecule has 0 spiro atoms. The van der Waals surface area contributed by atoms with E-state index in [1.165, 1.54) is 6.08 Å². The minimum absolute atomic E-state index is 0.340. The van der Waals surface area contributed by atoms with Gasteiger partial charge in [0.15, 0.2) is 0 Å².